The number of thiophene rings is 1. The van der Waals surface area contributed by atoms with Crippen LogP contribution >= 0.6 is 22.9 Å². The van der Waals surface area contributed by atoms with Gasteiger partial charge < -0.3 is 14.8 Å². The Morgan fingerprint density at radius 3 is 2.29 bits per heavy atom. The second-order valence-electron chi connectivity index (χ2n) is 4.92. The summed E-state index contributed by atoms with van der Waals surface area (Å²) in [4.78, 5) is 2.64. The Hall–Kier alpha value is -1.39. The van der Waals surface area contributed by atoms with E-state index >= 15 is 0 Å². The maximum Gasteiger partial charge on any atom is 0.145 e. The molecule has 21 heavy (non-hydrogen) atoms. The summed E-state index contributed by atoms with van der Waals surface area (Å²) in [6.07, 6.45) is 0. The average molecular weight is 326 g/mol. The zero-order valence-corrected chi connectivity index (χ0v) is 14.5. The maximum atomic E-state index is 6.20. The van der Waals surface area contributed by atoms with E-state index in [0.717, 1.165) is 5.69 Å². The lowest BCUT2D eigenvalue weighted by Gasteiger charge is -2.19. The molecular weight excluding hydrogens is 306 g/mol. The molecule has 1 aromatic heterocycles. The number of anilines is 1. The van der Waals surface area contributed by atoms with Gasteiger partial charge in [0.05, 0.1) is 24.9 Å². The van der Waals surface area contributed by atoms with Crippen molar-refractivity contribution >= 4 is 28.6 Å². The van der Waals surface area contributed by atoms with Crippen molar-refractivity contribution < 1.29 is 9.47 Å². The Morgan fingerprint density at radius 1 is 1.10 bits per heavy atom. The molecule has 2 aromatic rings. The standard InChI is InChI=1S/C16H20ClNO2S/c1-9-6-12(11(3)21-9)10(2)18-14-7-13(17)15(19-4)8-16(14)20-5/h6-8,10,18H,1-5H3. The van der Waals surface area contributed by atoms with Crippen LogP contribution in [-0.2, 0) is 0 Å². The topological polar surface area (TPSA) is 30.5 Å². The molecule has 1 unspecified atom stereocenters. The molecule has 0 fully saturated rings. The fourth-order valence-electron chi connectivity index (χ4n) is 2.36. The van der Waals surface area contributed by atoms with Gasteiger partial charge in [0.1, 0.15) is 11.5 Å². The van der Waals surface area contributed by atoms with Crippen LogP contribution in [-0.4, -0.2) is 14.2 Å². The second-order valence-corrected chi connectivity index (χ2v) is 6.79. The van der Waals surface area contributed by atoms with Crippen molar-refractivity contribution in [3.8, 4) is 11.5 Å². The number of hydrogen-bond donors (Lipinski definition) is 1. The van der Waals surface area contributed by atoms with Crippen LogP contribution in [0.15, 0.2) is 18.2 Å². The van der Waals surface area contributed by atoms with Crippen molar-refractivity contribution in [1.29, 1.82) is 0 Å². The second kappa shape index (κ2) is 6.58. The van der Waals surface area contributed by atoms with E-state index < -0.39 is 0 Å². The first-order valence-corrected chi connectivity index (χ1v) is 7.90. The molecule has 5 heteroatoms. The molecule has 0 saturated heterocycles. The number of methoxy groups -OCH3 is 2. The minimum Gasteiger partial charge on any atom is -0.495 e. The van der Waals surface area contributed by atoms with Gasteiger partial charge in [0.25, 0.3) is 0 Å². The van der Waals surface area contributed by atoms with Gasteiger partial charge in [0, 0.05) is 21.9 Å². The summed E-state index contributed by atoms with van der Waals surface area (Å²) in [5.41, 5.74) is 2.16. The quantitative estimate of drug-likeness (QED) is 0.818. The highest BCUT2D eigenvalue weighted by Crippen LogP contribution is 2.38. The summed E-state index contributed by atoms with van der Waals surface area (Å²) in [5, 5.41) is 4.03. The fourth-order valence-corrected chi connectivity index (χ4v) is 3.63. The summed E-state index contributed by atoms with van der Waals surface area (Å²) in [6.45, 7) is 6.40. The first kappa shape index (κ1) is 16.0. The van der Waals surface area contributed by atoms with Crippen LogP contribution in [0.4, 0.5) is 5.69 Å². The van der Waals surface area contributed by atoms with Gasteiger partial charge in [0.15, 0.2) is 0 Å². The van der Waals surface area contributed by atoms with E-state index in [4.69, 9.17) is 21.1 Å². The third-order valence-corrected chi connectivity index (χ3v) is 4.67. The maximum absolute atomic E-state index is 6.20. The zero-order chi connectivity index (χ0) is 15.6. The molecular formula is C16H20ClNO2S. The van der Waals surface area contributed by atoms with Gasteiger partial charge >= 0.3 is 0 Å². The van der Waals surface area contributed by atoms with Crippen molar-refractivity contribution in [1.82, 2.24) is 0 Å². The summed E-state index contributed by atoms with van der Waals surface area (Å²) in [7, 11) is 3.23. The van der Waals surface area contributed by atoms with Gasteiger partial charge in [-0.05, 0) is 38.5 Å². The summed E-state index contributed by atoms with van der Waals surface area (Å²) < 4.78 is 10.6. The van der Waals surface area contributed by atoms with E-state index in [2.05, 4.69) is 32.2 Å². The van der Waals surface area contributed by atoms with Crippen LogP contribution in [0.2, 0.25) is 5.02 Å². The van der Waals surface area contributed by atoms with Gasteiger partial charge in [-0.1, -0.05) is 11.6 Å². The highest BCUT2D eigenvalue weighted by atomic mass is 35.5. The van der Waals surface area contributed by atoms with Crippen LogP contribution in [0.25, 0.3) is 0 Å². The minimum atomic E-state index is 0.174. The van der Waals surface area contributed by atoms with Crippen LogP contribution in [0.5, 0.6) is 11.5 Å². The number of halogens is 1. The van der Waals surface area contributed by atoms with Gasteiger partial charge in [-0.25, -0.2) is 0 Å². The predicted molar refractivity (Wildman–Crippen MR) is 90.4 cm³/mol. The monoisotopic (exact) mass is 325 g/mol. The minimum absolute atomic E-state index is 0.174. The average Bonchev–Trinajstić information content (AvgIpc) is 2.78. The van der Waals surface area contributed by atoms with Crippen LogP contribution in [0.3, 0.4) is 0 Å². The van der Waals surface area contributed by atoms with Gasteiger partial charge in [-0.3, -0.25) is 0 Å². The molecule has 0 radical (unpaired) electrons. The first-order chi connectivity index (χ1) is 9.96. The lowest BCUT2D eigenvalue weighted by Crippen LogP contribution is -2.08. The van der Waals surface area contributed by atoms with E-state index in [1.54, 1.807) is 20.3 Å². The van der Waals surface area contributed by atoms with Gasteiger partial charge in [-0.2, -0.15) is 0 Å². The van der Waals surface area contributed by atoms with Crippen LogP contribution < -0.4 is 14.8 Å². The molecule has 1 heterocycles. The Labute approximate surface area is 134 Å². The normalized spacial score (nSPS) is 12.1. The summed E-state index contributed by atoms with van der Waals surface area (Å²) in [5.74, 6) is 1.32. The van der Waals surface area contributed by atoms with Crippen molar-refractivity contribution in [2.45, 2.75) is 26.8 Å². The van der Waals surface area contributed by atoms with E-state index in [-0.39, 0.29) is 6.04 Å². The lowest BCUT2D eigenvalue weighted by atomic mass is 10.1. The number of aryl methyl sites for hydroxylation is 2. The molecule has 0 aliphatic heterocycles. The third kappa shape index (κ3) is 3.44. The number of benzene rings is 1. The van der Waals surface area contributed by atoms with Crippen molar-refractivity contribution in [2.75, 3.05) is 19.5 Å². The molecule has 1 N–H and O–H groups in total. The predicted octanol–water partition coefficient (Wildman–Crippen LogP) is 5.21. The molecule has 0 aliphatic rings. The molecule has 0 bridgehead atoms. The molecule has 1 aromatic carbocycles. The molecule has 0 saturated carbocycles. The lowest BCUT2D eigenvalue weighted by molar-refractivity contribution is 0.395. The molecule has 0 spiro atoms. The van der Waals surface area contributed by atoms with Gasteiger partial charge in [-0.15, -0.1) is 11.3 Å². The SMILES string of the molecule is COc1cc(OC)c(NC(C)c2cc(C)sc2C)cc1Cl. The largest absolute Gasteiger partial charge is 0.495 e. The number of ether oxygens (including phenoxy) is 2. The van der Waals surface area contributed by atoms with Crippen molar-refractivity contribution in [2.24, 2.45) is 0 Å². The van der Waals surface area contributed by atoms with E-state index in [0.29, 0.717) is 16.5 Å². The van der Waals surface area contributed by atoms with Crippen LogP contribution in [0.1, 0.15) is 28.3 Å². The smallest absolute Gasteiger partial charge is 0.145 e. The highest BCUT2D eigenvalue weighted by Gasteiger charge is 2.15. The van der Waals surface area contributed by atoms with Crippen molar-refractivity contribution in [3.63, 3.8) is 0 Å². The molecule has 0 aliphatic carbocycles. The molecule has 0 amide bonds. The van der Waals surface area contributed by atoms with E-state index in [1.165, 1.54) is 15.3 Å². The Morgan fingerprint density at radius 2 is 1.76 bits per heavy atom. The Kier molecular flexibility index (Phi) is 5.01. The number of rotatable bonds is 5. The van der Waals surface area contributed by atoms with Crippen LogP contribution in [0, 0.1) is 13.8 Å². The molecule has 1 atom stereocenters. The Bertz CT molecular complexity index is 639. The summed E-state index contributed by atoms with van der Waals surface area (Å²) >= 11 is 8.01. The fraction of sp³-hybridized carbons (Fsp3) is 0.375. The molecule has 2 rings (SSSR count). The Balaban J connectivity index is 2.30. The van der Waals surface area contributed by atoms with Gasteiger partial charge in [0.2, 0.25) is 0 Å². The molecule has 3 nitrogen and oxygen atoms in total. The molecule has 114 valence electrons. The van der Waals surface area contributed by atoms with E-state index in [9.17, 15) is 0 Å². The highest BCUT2D eigenvalue weighted by molar-refractivity contribution is 7.12. The third-order valence-electron chi connectivity index (χ3n) is 3.39. The number of hydrogen-bond acceptors (Lipinski definition) is 4. The zero-order valence-electron chi connectivity index (χ0n) is 12.9. The summed E-state index contributed by atoms with van der Waals surface area (Å²) in [6, 6.07) is 6.02. The first-order valence-electron chi connectivity index (χ1n) is 6.71. The number of nitrogens with one attached hydrogen (secondary N) is 1. The van der Waals surface area contributed by atoms with E-state index in [1.807, 2.05) is 17.4 Å². The van der Waals surface area contributed by atoms with Crippen molar-refractivity contribution in [3.05, 3.63) is 38.5 Å².